The average Bonchev–Trinajstić information content (AvgIpc) is 2.54. The Hall–Kier alpha value is -3.09. The summed E-state index contributed by atoms with van der Waals surface area (Å²) in [5.41, 5.74) is 0.586. The minimum atomic E-state index is -1.15. The maximum absolute atomic E-state index is 11.7. The zero-order chi connectivity index (χ0) is 18.8. The van der Waals surface area contributed by atoms with Gasteiger partial charge in [-0.25, -0.2) is 9.59 Å². The van der Waals surface area contributed by atoms with Crippen molar-refractivity contribution in [3.05, 3.63) is 48.1 Å². The van der Waals surface area contributed by atoms with Crippen LogP contribution in [0.15, 0.2) is 42.5 Å². The number of hydrogen-bond acceptors (Lipinski definition) is 7. The van der Waals surface area contributed by atoms with Crippen molar-refractivity contribution in [3.63, 3.8) is 0 Å². The molecule has 1 rings (SSSR count). The van der Waals surface area contributed by atoms with Crippen molar-refractivity contribution in [1.29, 1.82) is 0 Å². The van der Waals surface area contributed by atoms with Crippen LogP contribution in [-0.4, -0.2) is 35.9 Å². The SMILES string of the molecule is C=C(CC(=O)OCC)C(=O)OC(C)OC(=O)/C=C/c1ccc(O)cc1. The number of benzene rings is 1. The molecule has 134 valence electrons. The third-order valence-electron chi connectivity index (χ3n) is 2.81. The topological polar surface area (TPSA) is 99.1 Å². The van der Waals surface area contributed by atoms with Gasteiger partial charge in [-0.2, -0.15) is 0 Å². The Balaban J connectivity index is 2.44. The largest absolute Gasteiger partial charge is 0.508 e. The van der Waals surface area contributed by atoms with Crippen molar-refractivity contribution in [2.75, 3.05) is 6.61 Å². The van der Waals surface area contributed by atoms with Crippen LogP contribution in [0.1, 0.15) is 25.8 Å². The minimum Gasteiger partial charge on any atom is -0.508 e. The van der Waals surface area contributed by atoms with Gasteiger partial charge in [0.05, 0.1) is 13.0 Å². The summed E-state index contributed by atoms with van der Waals surface area (Å²) in [6.45, 7) is 6.65. The number of ether oxygens (including phenoxy) is 3. The fraction of sp³-hybridized carbons (Fsp3) is 0.278. The molecule has 0 amide bonds. The molecule has 0 radical (unpaired) electrons. The molecule has 1 N–H and O–H groups in total. The van der Waals surface area contributed by atoms with Crippen LogP contribution >= 0.6 is 0 Å². The lowest BCUT2D eigenvalue weighted by atomic mass is 10.2. The lowest BCUT2D eigenvalue weighted by Crippen LogP contribution is -2.22. The van der Waals surface area contributed by atoms with Gasteiger partial charge in [0.1, 0.15) is 5.75 Å². The molecule has 0 saturated heterocycles. The third kappa shape index (κ3) is 7.83. The van der Waals surface area contributed by atoms with E-state index in [4.69, 9.17) is 19.3 Å². The Bertz CT molecular complexity index is 659. The van der Waals surface area contributed by atoms with E-state index in [1.807, 2.05) is 0 Å². The van der Waals surface area contributed by atoms with E-state index in [2.05, 4.69) is 6.58 Å². The molecular formula is C18H20O7. The second kappa shape index (κ2) is 9.92. The van der Waals surface area contributed by atoms with Gasteiger partial charge in [0.25, 0.3) is 0 Å². The zero-order valence-electron chi connectivity index (χ0n) is 14.1. The van der Waals surface area contributed by atoms with Crippen molar-refractivity contribution in [2.45, 2.75) is 26.6 Å². The number of rotatable bonds is 8. The molecule has 0 saturated carbocycles. The molecule has 1 aromatic rings. The fourth-order valence-corrected chi connectivity index (χ4v) is 1.67. The van der Waals surface area contributed by atoms with Crippen LogP contribution in [0.2, 0.25) is 0 Å². The predicted octanol–water partition coefficient (Wildman–Crippen LogP) is 2.35. The Labute approximate surface area is 145 Å². The number of carbonyl (C=O) groups excluding carboxylic acids is 3. The molecule has 1 aromatic carbocycles. The van der Waals surface area contributed by atoms with E-state index in [1.165, 1.54) is 25.1 Å². The van der Waals surface area contributed by atoms with Gasteiger partial charge in [-0.05, 0) is 30.7 Å². The van der Waals surface area contributed by atoms with E-state index in [-0.39, 0.29) is 24.4 Å². The van der Waals surface area contributed by atoms with Gasteiger partial charge >= 0.3 is 17.9 Å². The molecular weight excluding hydrogens is 328 g/mol. The standard InChI is InChI=1S/C18H20O7/c1-4-23-17(21)11-12(2)18(22)25-13(3)24-16(20)10-7-14-5-8-15(19)9-6-14/h5-10,13,19H,2,4,11H2,1,3H3/b10-7+. The molecule has 0 aliphatic rings. The second-order valence-corrected chi connectivity index (χ2v) is 4.92. The van der Waals surface area contributed by atoms with Crippen LogP contribution in [0.3, 0.4) is 0 Å². The molecule has 0 fully saturated rings. The molecule has 1 unspecified atom stereocenters. The van der Waals surface area contributed by atoms with Crippen molar-refractivity contribution in [3.8, 4) is 5.75 Å². The summed E-state index contributed by atoms with van der Waals surface area (Å²) in [7, 11) is 0. The Morgan fingerprint density at radius 3 is 2.44 bits per heavy atom. The summed E-state index contributed by atoms with van der Waals surface area (Å²) in [6.07, 6.45) is 1.19. The highest BCUT2D eigenvalue weighted by Crippen LogP contribution is 2.11. The molecule has 7 nitrogen and oxygen atoms in total. The first-order chi connectivity index (χ1) is 11.8. The summed E-state index contributed by atoms with van der Waals surface area (Å²) in [6, 6.07) is 6.18. The summed E-state index contributed by atoms with van der Waals surface area (Å²) in [5, 5.41) is 9.17. The van der Waals surface area contributed by atoms with Gasteiger partial charge in [0, 0.05) is 18.6 Å². The highest BCUT2D eigenvalue weighted by Gasteiger charge is 2.18. The quantitative estimate of drug-likeness (QED) is 0.437. The van der Waals surface area contributed by atoms with Crippen LogP contribution < -0.4 is 0 Å². The molecule has 1 atom stereocenters. The molecule has 0 heterocycles. The van der Waals surface area contributed by atoms with E-state index in [1.54, 1.807) is 19.1 Å². The molecule has 0 bridgehead atoms. The Morgan fingerprint density at radius 2 is 1.84 bits per heavy atom. The monoisotopic (exact) mass is 348 g/mol. The minimum absolute atomic E-state index is 0.0963. The van der Waals surface area contributed by atoms with Crippen LogP contribution in [0, 0.1) is 0 Å². The molecule has 0 aromatic heterocycles. The highest BCUT2D eigenvalue weighted by atomic mass is 16.7. The third-order valence-corrected chi connectivity index (χ3v) is 2.81. The van der Waals surface area contributed by atoms with Crippen molar-refractivity contribution >= 4 is 24.0 Å². The predicted molar refractivity (Wildman–Crippen MR) is 89.2 cm³/mol. The number of hydrogen-bond donors (Lipinski definition) is 1. The number of phenolic OH excluding ortho intramolecular Hbond substituents is 1. The normalized spacial score (nSPS) is 11.6. The van der Waals surface area contributed by atoms with Crippen LogP contribution in [0.5, 0.6) is 5.75 Å². The van der Waals surface area contributed by atoms with Gasteiger partial charge in [0.15, 0.2) is 0 Å². The van der Waals surface area contributed by atoms with Crippen LogP contribution in [-0.2, 0) is 28.6 Å². The maximum atomic E-state index is 11.7. The first-order valence-electron chi connectivity index (χ1n) is 7.54. The van der Waals surface area contributed by atoms with Crippen molar-refractivity contribution in [2.24, 2.45) is 0 Å². The summed E-state index contributed by atoms with van der Waals surface area (Å²) in [5.74, 6) is -2.05. The summed E-state index contributed by atoms with van der Waals surface area (Å²) < 4.78 is 14.5. The number of aromatic hydroxyl groups is 1. The first kappa shape index (κ1) is 20.0. The smallest absolute Gasteiger partial charge is 0.337 e. The van der Waals surface area contributed by atoms with Crippen LogP contribution in [0.4, 0.5) is 0 Å². The van der Waals surface area contributed by atoms with Gasteiger partial charge in [-0.15, -0.1) is 0 Å². The molecule has 0 aliphatic carbocycles. The average molecular weight is 348 g/mol. The van der Waals surface area contributed by atoms with Crippen LogP contribution in [0.25, 0.3) is 6.08 Å². The maximum Gasteiger partial charge on any atom is 0.337 e. The van der Waals surface area contributed by atoms with Gasteiger partial charge in [0.2, 0.25) is 6.29 Å². The van der Waals surface area contributed by atoms with Gasteiger partial charge in [-0.3, -0.25) is 4.79 Å². The Kier molecular flexibility index (Phi) is 7.92. The molecule has 0 aliphatic heterocycles. The van der Waals surface area contributed by atoms with E-state index in [0.717, 1.165) is 6.08 Å². The molecule has 7 heteroatoms. The van der Waals surface area contributed by atoms with E-state index < -0.39 is 24.2 Å². The molecule has 25 heavy (non-hydrogen) atoms. The van der Waals surface area contributed by atoms with Gasteiger partial charge in [-0.1, -0.05) is 18.7 Å². The molecule has 0 spiro atoms. The lowest BCUT2D eigenvalue weighted by molar-refractivity contribution is -0.178. The second-order valence-electron chi connectivity index (χ2n) is 4.92. The highest BCUT2D eigenvalue weighted by molar-refractivity contribution is 5.93. The summed E-state index contributed by atoms with van der Waals surface area (Å²) >= 11 is 0. The van der Waals surface area contributed by atoms with E-state index in [0.29, 0.717) is 5.56 Å². The zero-order valence-corrected chi connectivity index (χ0v) is 14.1. The number of carbonyl (C=O) groups is 3. The van der Waals surface area contributed by atoms with E-state index in [9.17, 15) is 14.4 Å². The van der Waals surface area contributed by atoms with E-state index >= 15 is 0 Å². The van der Waals surface area contributed by atoms with Gasteiger partial charge < -0.3 is 19.3 Å². The van der Waals surface area contributed by atoms with Crippen molar-refractivity contribution in [1.82, 2.24) is 0 Å². The lowest BCUT2D eigenvalue weighted by Gasteiger charge is -2.13. The fourth-order valence-electron chi connectivity index (χ4n) is 1.67. The Morgan fingerprint density at radius 1 is 1.20 bits per heavy atom. The first-order valence-corrected chi connectivity index (χ1v) is 7.54. The number of phenols is 1. The summed E-state index contributed by atoms with van der Waals surface area (Å²) in [4.78, 5) is 34.6. The number of esters is 3. The van der Waals surface area contributed by atoms with Crippen molar-refractivity contribution < 1.29 is 33.7 Å².